The highest BCUT2D eigenvalue weighted by molar-refractivity contribution is 6.10. The Morgan fingerprint density at radius 1 is 1.16 bits per heavy atom. The molecular formula is C10H11N7O2. The molecule has 9 nitrogen and oxygen atoms in total. The molecule has 2 aromatic rings. The van der Waals surface area contributed by atoms with E-state index in [2.05, 4.69) is 15.4 Å². The summed E-state index contributed by atoms with van der Waals surface area (Å²) in [4.78, 5) is 23.5. The highest BCUT2D eigenvalue weighted by Crippen LogP contribution is 2.13. The molecule has 2 rings (SSSR count). The fourth-order valence-corrected chi connectivity index (χ4v) is 1.43. The number of hydrazine groups is 2. The first-order valence-electron chi connectivity index (χ1n) is 5.21. The first kappa shape index (κ1) is 12.7. The summed E-state index contributed by atoms with van der Waals surface area (Å²) in [6.07, 6.45) is 0. The van der Waals surface area contributed by atoms with Gasteiger partial charge in [-0.2, -0.15) is 5.21 Å². The van der Waals surface area contributed by atoms with Crippen LogP contribution in [0.5, 0.6) is 0 Å². The molecule has 6 N–H and O–H groups in total. The van der Waals surface area contributed by atoms with Gasteiger partial charge in [0.05, 0.1) is 5.69 Å². The van der Waals surface area contributed by atoms with Crippen molar-refractivity contribution in [2.45, 2.75) is 0 Å². The molecule has 0 aliphatic heterocycles. The molecule has 98 valence electrons. The van der Waals surface area contributed by atoms with Crippen molar-refractivity contribution < 1.29 is 9.59 Å². The predicted octanol–water partition coefficient (Wildman–Crippen LogP) is -1.07. The van der Waals surface area contributed by atoms with Gasteiger partial charge >= 0.3 is 0 Å². The van der Waals surface area contributed by atoms with Crippen molar-refractivity contribution in [3.63, 3.8) is 0 Å². The van der Waals surface area contributed by atoms with Crippen LogP contribution in [0, 0.1) is 0 Å². The molecule has 0 spiro atoms. The van der Waals surface area contributed by atoms with Gasteiger partial charge in [0.2, 0.25) is 0 Å². The fourth-order valence-electron chi connectivity index (χ4n) is 1.43. The number of nitrogens with one attached hydrogen (secondary N) is 2. The van der Waals surface area contributed by atoms with Crippen LogP contribution in [-0.2, 0) is 0 Å². The van der Waals surface area contributed by atoms with Crippen LogP contribution in [0.25, 0.3) is 0 Å². The Labute approximate surface area is 107 Å². The number of hydrogen-bond acceptors (Lipinski definition) is 6. The average Bonchev–Trinajstić information content (AvgIpc) is 2.95. The fraction of sp³-hybridized carbons (Fsp3) is 0. The highest BCUT2D eigenvalue weighted by atomic mass is 16.2. The molecule has 1 heterocycles. The van der Waals surface area contributed by atoms with E-state index >= 15 is 0 Å². The largest absolute Gasteiger partial charge is 0.295 e. The number of nitrogens with two attached hydrogens (primary N) is 2. The molecule has 0 aliphatic rings. The lowest BCUT2D eigenvalue weighted by atomic mass is 10.2. The van der Waals surface area contributed by atoms with E-state index in [9.17, 15) is 9.59 Å². The third-order valence-electron chi connectivity index (χ3n) is 2.35. The number of benzene rings is 1. The van der Waals surface area contributed by atoms with Crippen LogP contribution < -0.4 is 22.1 Å². The topological polar surface area (TPSA) is 143 Å². The lowest BCUT2D eigenvalue weighted by molar-refractivity contribution is 0.0928. The number of hydrogen-bond donors (Lipinski definition) is 4. The number of nitrogens with zero attached hydrogens (tertiary/aromatic N) is 3. The zero-order chi connectivity index (χ0) is 13.8. The minimum absolute atomic E-state index is 0.214. The molecule has 2 amide bonds. The van der Waals surface area contributed by atoms with Crippen LogP contribution >= 0.6 is 0 Å². The minimum atomic E-state index is -0.737. The van der Waals surface area contributed by atoms with E-state index in [4.69, 9.17) is 11.7 Å². The van der Waals surface area contributed by atoms with Gasteiger partial charge in [0.25, 0.3) is 11.8 Å². The number of anilines is 1. The molecule has 0 bridgehead atoms. The van der Waals surface area contributed by atoms with Crippen LogP contribution in [0.3, 0.4) is 0 Å². The molecule has 0 saturated heterocycles. The Hall–Kier alpha value is -2.78. The normalized spacial score (nSPS) is 10.0. The summed E-state index contributed by atoms with van der Waals surface area (Å²) < 4.78 is 0. The summed E-state index contributed by atoms with van der Waals surface area (Å²) in [5.74, 6) is 9.24. The van der Waals surface area contributed by atoms with Gasteiger partial charge < -0.3 is 0 Å². The number of carbonyl (C=O) groups excluding carboxylic acids is 2. The SMILES string of the molecule is NNC(=O)c1n[nH]nc1C(=O)N(N)c1ccccc1. The summed E-state index contributed by atoms with van der Waals surface area (Å²) in [7, 11) is 0. The first-order chi connectivity index (χ1) is 9.15. The van der Waals surface area contributed by atoms with Gasteiger partial charge in [-0.3, -0.25) is 15.0 Å². The zero-order valence-electron chi connectivity index (χ0n) is 9.70. The van der Waals surface area contributed by atoms with Crippen molar-refractivity contribution in [2.75, 3.05) is 5.01 Å². The number of nitrogen functional groups attached to an aromatic ring is 1. The second kappa shape index (κ2) is 5.25. The maximum atomic E-state index is 12.1. The molecule has 1 aromatic carbocycles. The smallest absolute Gasteiger partial charge is 0.289 e. The second-order valence-electron chi connectivity index (χ2n) is 3.50. The number of aromatic nitrogens is 3. The molecule has 0 saturated carbocycles. The van der Waals surface area contributed by atoms with Crippen LogP contribution in [-0.4, -0.2) is 27.2 Å². The summed E-state index contributed by atoms with van der Waals surface area (Å²) in [5, 5.41) is 10.2. The molecule has 0 aliphatic carbocycles. The molecular weight excluding hydrogens is 250 g/mol. The van der Waals surface area contributed by atoms with Gasteiger partial charge in [0, 0.05) is 0 Å². The Bertz CT molecular complexity index is 595. The van der Waals surface area contributed by atoms with Crippen molar-refractivity contribution in [3.8, 4) is 0 Å². The van der Waals surface area contributed by atoms with E-state index in [0.29, 0.717) is 5.69 Å². The van der Waals surface area contributed by atoms with Crippen molar-refractivity contribution in [2.24, 2.45) is 11.7 Å². The summed E-state index contributed by atoms with van der Waals surface area (Å²) >= 11 is 0. The van der Waals surface area contributed by atoms with Crippen molar-refractivity contribution in [3.05, 3.63) is 41.7 Å². The van der Waals surface area contributed by atoms with Crippen LogP contribution in [0.1, 0.15) is 21.0 Å². The van der Waals surface area contributed by atoms with E-state index in [1.807, 2.05) is 5.43 Å². The monoisotopic (exact) mass is 261 g/mol. The number of aromatic amines is 1. The maximum Gasteiger partial charge on any atom is 0.295 e. The van der Waals surface area contributed by atoms with Gasteiger partial charge in [0.1, 0.15) is 0 Å². The first-order valence-corrected chi connectivity index (χ1v) is 5.21. The zero-order valence-corrected chi connectivity index (χ0v) is 9.70. The molecule has 1 aromatic heterocycles. The van der Waals surface area contributed by atoms with Gasteiger partial charge in [-0.05, 0) is 12.1 Å². The average molecular weight is 261 g/mol. The Morgan fingerprint density at radius 3 is 2.42 bits per heavy atom. The van der Waals surface area contributed by atoms with Crippen LogP contribution in [0.15, 0.2) is 30.3 Å². The molecule has 0 radical (unpaired) electrons. The van der Waals surface area contributed by atoms with Crippen LogP contribution in [0.4, 0.5) is 5.69 Å². The van der Waals surface area contributed by atoms with Gasteiger partial charge in [-0.15, -0.1) is 10.2 Å². The molecule has 9 heteroatoms. The number of para-hydroxylation sites is 1. The number of rotatable bonds is 3. The number of H-pyrrole nitrogens is 1. The van der Waals surface area contributed by atoms with E-state index in [0.717, 1.165) is 5.01 Å². The summed E-state index contributed by atoms with van der Waals surface area (Å²) in [6, 6.07) is 8.50. The molecule has 0 unspecified atom stereocenters. The Morgan fingerprint density at radius 2 is 1.79 bits per heavy atom. The minimum Gasteiger partial charge on any atom is -0.289 e. The second-order valence-corrected chi connectivity index (χ2v) is 3.50. The molecule has 19 heavy (non-hydrogen) atoms. The number of carbonyl (C=O) groups is 2. The Balaban J connectivity index is 2.30. The van der Waals surface area contributed by atoms with E-state index < -0.39 is 11.8 Å². The maximum absolute atomic E-state index is 12.1. The standard InChI is InChI=1S/C10H11N7O2/c11-13-9(18)7-8(15-16-14-7)10(19)17(12)6-4-2-1-3-5-6/h1-5H,11-12H2,(H,13,18)(H,14,15,16). The highest BCUT2D eigenvalue weighted by Gasteiger charge is 2.25. The van der Waals surface area contributed by atoms with Gasteiger partial charge in [-0.25, -0.2) is 16.7 Å². The van der Waals surface area contributed by atoms with E-state index in [-0.39, 0.29) is 11.4 Å². The van der Waals surface area contributed by atoms with Gasteiger partial charge in [0.15, 0.2) is 11.4 Å². The number of amides is 2. The lowest BCUT2D eigenvalue weighted by Gasteiger charge is -2.15. The van der Waals surface area contributed by atoms with E-state index in [1.165, 1.54) is 0 Å². The summed E-state index contributed by atoms with van der Waals surface area (Å²) in [6.45, 7) is 0. The lowest BCUT2D eigenvalue weighted by Crippen LogP contribution is -2.39. The van der Waals surface area contributed by atoms with Crippen LogP contribution in [0.2, 0.25) is 0 Å². The van der Waals surface area contributed by atoms with Gasteiger partial charge in [-0.1, -0.05) is 18.2 Å². The molecule has 0 fully saturated rings. The third-order valence-corrected chi connectivity index (χ3v) is 2.35. The van der Waals surface area contributed by atoms with Crippen molar-refractivity contribution in [1.82, 2.24) is 20.8 Å². The third kappa shape index (κ3) is 2.41. The molecule has 0 atom stereocenters. The predicted molar refractivity (Wildman–Crippen MR) is 65.5 cm³/mol. The van der Waals surface area contributed by atoms with E-state index in [1.54, 1.807) is 30.3 Å². The Kier molecular flexibility index (Phi) is 3.50. The summed E-state index contributed by atoms with van der Waals surface area (Å²) in [5.41, 5.74) is 1.88. The van der Waals surface area contributed by atoms with Crippen molar-refractivity contribution in [1.29, 1.82) is 0 Å². The quantitative estimate of drug-likeness (QED) is 0.314. The van der Waals surface area contributed by atoms with Crippen molar-refractivity contribution >= 4 is 17.5 Å².